The van der Waals surface area contributed by atoms with Crippen molar-refractivity contribution in [1.29, 1.82) is 0 Å². The van der Waals surface area contributed by atoms with Gasteiger partial charge < -0.3 is 0 Å². The Morgan fingerprint density at radius 3 is 1.21 bits per heavy atom. The summed E-state index contributed by atoms with van der Waals surface area (Å²) < 4.78 is 53.2. The predicted molar refractivity (Wildman–Crippen MR) is 163 cm³/mol. The minimum atomic E-state index is -3.22. The lowest BCUT2D eigenvalue weighted by Crippen LogP contribution is -2.17. The maximum absolute atomic E-state index is 13.3. The molecule has 0 saturated carbocycles. The summed E-state index contributed by atoms with van der Waals surface area (Å²) in [5.41, 5.74) is 8.69. The molecule has 216 valence electrons. The summed E-state index contributed by atoms with van der Waals surface area (Å²) in [6.45, 7) is 13.1. The van der Waals surface area contributed by atoms with Crippen molar-refractivity contribution >= 4 is 19.7 Å². The van der Waals surface area contributed by atoms with Gasteiger partial charge in [-0.15, -0.1) is 0 Å². The van der Waals surface area contributed by atoms with Crippen molar-refractivity contribution < 1.29 is 16.8 Å². The summed E-state index contributed by atoms with van der Waals surface area (Å²) in [7, 11) is -6.45. The van der Waals surface area contributed by atoms with Crippen LogP contribution in [0, 0.1) is 0 Å². The van der Waals surface area contributed by atoms with Gasteiger partial charge in [-0.1, -0.05) is 91.5 Å². The first kappa shape index (κ1) is 30.3. The van der Waals surface area contributed by atoms with E-state index in [4.69, 9.17) is 0 Å². The van der Waals surface area contributed by atoms with Gasteiger partial charge in [0.15, 0.2) is 19.7 Å². The zero-order chi connectivity index (χ0) is 28.6. The van der Waals surface area contributed by atoms with Gasteiger partial charge in [-0.3, -0.25) is 0 Å². The highest BCUT2D eigenvalue weighted by atomic mass is 32.2. The van der Waals surface area contributed by atoms with E-state index in [-0.39, 0.29) is 33.8 Å². The molecule has 0 saturated heterocycles. The van der Waals surface area contributed by atoms with E-state index in [1.807, 2.05) is 0 Å². The third kappa shape index (κ3) is 7.75. The van der Waals surface area contributed by atoms with Crippen molar-refractivity contribution in [1.82, 2.24) is 0 Å². The minimum Gasteiger partial charge on any atom is -0.228 e. The number of fused-ring (bicyclic) bond motifs is 1. The van der Waals surface area contributed by atoms with Gasteiger partial charge in [-0.05, 0) is 87.4 Å². The second-order valence-electron chi connectivity index (χ2n) is 14.0. The molecule has 0 fully saturated rings. The average molecular weight is 573 g/mol. The van der Waals surface area contributed by atoms with Crippen LogP contribution in [0.4, 0.5) is 0 Å². The van der Waals surface area contributed by atoms with Crippen LogP contribution in [0.25, 0.3) is 0 Å². The Bertz CT molecular complexity index is 1310. The molecule has 2 aromatic carbocycles. The van der Waals surface area contributed by atoms with E-state index >= 15 is 0 Å². The van der Waals surface area contributed by atoms with E-state index in [9.17, 15) is 16.8 Å². The molecule has 0 aromatic heterocycles. The molecule has 4 nitrogen and oxygen atoms in total. The first-order chi connectivity index (χ1) is 18.0. The Balaban J connectivity index is 1.90. The van der Waals surface area contributed by atoms with Crippen LogP contribution in [-0.4, -0.2) is 28.3 Å². The molecule has 0 amide bonds. The standard InChI is InChI=1S/C33H48O4S2/c1-32(2,3)28-18-24-17-25-19-29(33(4,5)6)21-27-23-39(36,37)16-12-10-8-7-9-11-15-38(34,35)22-26(20-28)30(24)13-14-31(25)27/h18-21H,7-17,22-23H2,1-6H3. The Kier molecular flexibility index (Phi) is 8.79. The van der Waals surface area contributed by atoms with E-state index < -0.39 is 19.7 Å². The first-order valence-corrected chi connectivity index (χ1v) is 18.4. The lowest BCUT2D eigenvalue weighted by molar-refractivity contribution is 0.574. The third-order valence-electron chi connectivity index (χ3n) is 8.52. The van der Waals surface area contributed by atoms with Gasteiger partial charge in [0.1, 0.15) is 0 Å². The van der Waals surface area contributed by atoms with E-state index in [2.05, 4.69) is 65.8 Å². The van der Waals surface area contributed by atoms with Crippen LogP contribution >= 0.6 is 0 Å². The molecular weight excluding hydrogens is 524 g/mol. The smallest absolute Gasteiger partial charge is 0.154 e. The molecule has 6 heteroatoms. The summed E-state index contributed by atoms with van der Waals surface area (Å²) >= 11 is 0. The van der Waals surface area contributed by atoms with Crippen molar-refractivity contribution in [3.8, 4) is 0 Å². The van der Waals surface area contributed by atoms with Crippen LogP contribution in [0.5, 0.6) is 0 Å². The van der Waals surface area contributed by atoms with Gasteiger partial charge in [0.05, 0.1) is 23.0 Å². The van der Waals surface area contributed by atoms with Gasteiger partial charge in [0.25, 0.3) is 0 Å². The molecule has 1 aliphatic carbocycles. The molecule has 1 heterocycles. The highest BCUT2D eigenvalue weighted by Crippen LogP contribution is 2.37. The highest BCUT2D eigenvalue weighted by molar-refractivity contribution is 7.90. The van der Waals surface area contributed by atoms with Crippen molar-refractivity contribution in [2.75, 3.05) is 11.5 Å². The Labute approximate surface area is 237 Å². The quantitative estimate of drug-likeness (QED) is 0.336. The number of hydrogen-bond donors (Lipinski definition) is 0. The lowest BCUT2D eigenvalue weighted by Gasteiger charge is -2.24. The van der Waals surface area contributed by atoms with Gasteiger partial charge >= 0.3 is 0 Å². The lowest BCUT2D eigenvalue weighted by atomic mass is 9.81. The number of benzene rings is 2. The van der Waals surface area contributed by atoms with Crippen LogP contribution in [-0.2, 0) is 61.3 Å². The van der Waals surface area contributed by atoms with E-state index in [0.29, 0.717) is 19.3 Å². The number of hydrogen-bond acceptors (Lipinski definition) is 4. The molecule has 1 aliphatic heterocycles. The summed E-state index contributed by atoms with van der Waals surface area (Å²) in [5, 5.41) is 0. The SMILES string of the molecule is CC(C)(C)c1cc2c3c(c1)CS(=O)(=O)CCCCCCCCS(=O)(=O)Cc1cc(C(C)(C)C)cc(c1CC3)C2. The molecular formula is C33H48O4S2. The van der Waals surface area contributed by atoms with Crippen molar-refractivity contribution in [3.05, 3.63) is 68.8 Å². The molecule has 4 rings (SSSR count). The maximum atomic E-state index is 13.3. The average Bonchev–Trinajstić information content (AvgIpc) is 2.98. The second kappa shape index (κ2) is 11.3. The molecule has 0 N–H and O–H groups in total. The van der Waals surface area contributed by atoms with Crippen LogP contribution in [0.2, 0.25) is 0 Å². The molecule has 0 radical (unpaired) electrons. The van der Waals surface area contributed by atoms with Crippen LogP contribution in [0.3, 0.4) is 0 Å². The van der Waals surface area contributed by atoms with Crippen molar-refractivity contribution in [2.24, 2.45) is 0 Å². The molecule has 39 heavy (non-hydrogen) atoms. The summed E-state index contributed by atoms with van der Waals surface area (Å²) in [6.07, 6.45) is 7.17. The van der Waals surface area contributed by atoms with Gasteiger partial charge in [-0.2, -0.15) is 0 Å². The van der Waals surface area contributed by atoms with E-state index in [0.717, 1.165) is 71.9 Å². The monoisotopic (exact) mass is 572 g/mol. The zero-order valence-corrected chi connectivity index (χ0v) is 26.6. The fourth-order valence-electron chi connectivity index (χ4n) is 6.10. The van der Waals surface area contributed by atoms with Crippen LogP contribution in [0.1, 0.15) is 125 Å². The molecule has 0 spiro atoms. The number of sulfone groups is 2. The molecule has 2 bridgehead atoms. The molecule has 2 aromatic rings. The third-order valence-corrected chi connectivity index (χ3v) is 11.8. The fraction of sp³-hybridized carbons (Fsp3) is 0.636. The van der Waals surface area contributed by atoms with Crippen molar-refractivity contribution in [3.63, 3.8) is 0 Å². The second-order valence-corrected chi connectivity index (χ2v) is 18.4. The molecule has 2 aliphatic rings. The van der Waals surface area contributed by atoms with Crippen LogP contribution < -0.4 is 0 Å². The van der Waals surface area contributed by atoms with Gasteiger partial charge in [0.2, 0.25) is 0 Å². The summed E-state index contributed by atoms with van der Waals surface area (Å²) in [5.74, 6) is 0.610. The fourth-order valence-corrected chi connectivity index (χ4v) is 9.14. The summed E-state index contributed by atoms with van der Waals surface area (Å²) in [4.78, 5) is 0. The topological polar surface area (TPSA) is 68.3 Å². The predicted octanol–water partition coefficient (Wildman–Crippen LogP) is 7.15. The Morgan fingerprint density at radius 1 is 0.513 bits per heavy atom. The minimum absolute atomic E-state index is 0.0874. The normalized spacial score (nSPS) is 20.6. The highest BCUT2D eigenvalue weighted by Gasteiger charge is 2.28. The first-order valence-electron chi connectivity index (χ1n) is 14.8. The molecule has 0 unspecified atom stereocenters. The Hall–Kier alpha value is -1.66. The largest absolute Gasteiger partial charge is 0.228 e. The number of rotatable bonds is 0. The van der Waals surface area contributed by atoms with Crippen LogP contribution in [0.15, 0.2) is 24.3 Å². The van der Waals surface area contributed by atoms with Gasteiger partial charge in [-0.25, -0.2) is 16.8 Å². The zero-order valence-electron chi connectivity index (χ0n) is 25.0. The Morgan fingerprint density at radius 2 is 0.846 bits per heavy atom. The molecule has 0 atom stereocenters. The van der Waals surface area contributed by atoms with E-state index in [1.165, 1.54) is 11.1 Å². The van der Waals surface area contributed by atoms with Gasteiger partial charge in [0, 0.05) is 0 Å². The van der Waals surface area contributed by atoms with E-state index in [1.54, 1.807) is 0 Å². The summed E-state index contributed by atoms with van der Waals surface area (Å²) in [6, 6.07) is 8.83. The maximum Gasteiger partial charge on any atom is 0.154 e. The van der Waals surface area contributed by atoms with Crippen molar-refractivity contribution in [2.45, 2.75) is 122 Å².